The van der Waals surface area contributed by atoms with Crippen LogP contribution in [0.15, 0.2) is 64.5 Å². The van der Waals surface area contributed by atoms with Crippen LogP contribution in [0.5, 0.6) is 0 Å². The number of hydrogen-bond donors (Lipinski definition) is 2. The van der Waals surface area contributed by atoms with Crippen LogP contribution in [0.4, 0.5) is 17.5 Å². The Balaban J connectivity index is 1.31. The number of hydrogen-bond acceptors (Lipinski definition) is 10. The van der Waals surface area contributed by atoms with Crippen molar-refractivity contribution in [2.45, 2.75) is 13.3 Å². The molecule has 1 aromatic carbocycles. The molecule has 2 N–H and O–H groups in total. The van der Waals surface area contributed by atoms with Crippen molar-refractivity contribution in [3.8, 4) is 11.4 Å². The van der Waals surface area contributed by atoms with E-state index in [1.54, 1.807) is 6.92 Å². The predicted molar refractivity (Wildman–Crippen MR) is 132 cm³/mol. The van der Waals surface area contributed by atoms with Gasteiger partial charge in [-0.25, -0.2) is 4.98 Å². The Kier molecular flexibility index (Phi) is 5.42. The van der Waals surface area contributed by atoms with Gasteiger partial charge in [0.2, 0.25) is 17.7 Å². The summed E-state index contributed by atoms with van der Waals surface area (Å²) in [6.45, 7) is 4.65. The fourth-order valence-corrected chi connectivity index (χ4v) is 4.31. The molecule has 6 rings (SSSR count). The van der Waals surface area contributed by atoms with E-state index < -0.39 is 0 Å². The molecule has 4 heterocycles. The molecule has 0 saturated carbocycles. The summed E-state index contributed by atoms with van der Waals surface area (Å²) < 4.78 is 10.6. The lowest BCUT2D eigenvalue weighted by Gasteiger charge is -2.27. The van der Waals surface area contributed by atoms with Gasteiger partial charge >= 0.3 is 0 Å². The molecule has 3 aliphatic rings. The van der Waals surface area contributed by atoms with Crippen molar-refractivity contribution in [3.63, 3.8) is 0 Å². The van der Waals surface area contributed by atoms with Gasteiger partial charge in [-0.3, -0.25) is 5.01 Å². The van der Waals surface area contributed by atoms with Crippen LogP contribution in [0, 0.1) is 6.92 Å². The smallest absolute Gasteiger partial charge is 0.228 e. The van der Waals surface area contributed by atoms with Crippen molar-refractivity contribution >= 4 is 23.0 Å². The molecule has 2 aliphatic heterocycles. The average Bonchev–Trinajstić information content (AvgIpc) is 3.50. The number of aryl methyl sites for hydroxylation is 1. The van der Waals surface area contributed by atoms with Crippen LogP contribution in [0.3, 0.4) is 0 Å². The molecule has 1 fully saturated rings. The van der Waals surface area contributed by atoms with E-state index in [9.17, 15) is 0 Å². The second-order valence-corrected chi connectivity index (χ2v) is 8.63. The quantitative estimate of drug-likeness (QED) is 0.576. The zero-order valence-electron chi connectivity index (χ0n) is 19.7. The number of benzene rings is 1. The number of ether oxygens (including phenoxy) is 1. The first kappa shape index (κ1) is 21.4. The number of fused-ring (bicyclic) bond motifs is 1. The molecular formula is C25H26N8O2. The molecule has 10 nitrogen and oxygen atoms in total. The second-order valence-electron chi connectivity index (χ2n) is 8.63. The zero-order chi connectivity index (χ0) is 23.8. The van der Waals surface area contributed by atoms with Gasteiger partial charge in [0.15, 0.2) is 0 Å². The van der Waals surface area contributed by atoms with Crippen molar-refractivity contribution in [2.75, 3.05) is 43.6 Å². The van der Waals surface area contributed by atoms with Crippen LogP contribution in [-0.4, -0.2) is 58.5 Å². The fraction of sp³-hybridized carbons (Fsp3) is 0.280. The molecule has 0 unspecified atom stereocenters. The summed E-state index contributed by atoms with van der Waals surface area (Å²) in [7, 11) is 2.02. The number of likely N-dealkylation sites (N-methyl/N-ethyl adjacent to an activating group) is 1. The molecule has 2 aromatic heterocycles. The molecule has 178 valence electrons. The summed E-state index contributed by atoms with van der Waals surface area (Å²) in [5.74, 6) is 2.55. The highest BCUT2D eigenvalue weighted by Gasteiger charge is 2.22. The Hall–Kier alpha value is -4.18. The van der Waals surface area contributed by atoms with E-state index in [-0.39, 0.29) is 0 Å². The van der Waals surface area contributed by atoms with E-state index in [1.807, 2.05) is 48.6 Å². The Morgan fingerprint density at radius 3 is 2.66 bits per heavy atom. The first-order valence-corrected chi connectivity index (χ1v) is 11.6. The van der Waals surface area contributed by atoms with Crippen LogP contribution in [0.1, 0.15) is 18.0 Å². The largest absolute Gasteiger partial charge is 0.378 e. The highest BCUT2D eigenvalue weighted by atomic mass is 16.5. The molecule has 0 radical (unpaired) electrons. The third-order valence-electron chi connectivity index (χ3n) is 6.20. The van der Waals surface area contributed by atoms with Crippen molar-refractivity contribution in [1.82, 2.24) is 30.5 Å². The topological polar surface area (TPSA) is 104 Å². The van der Waals surface area contributed by atoms with Crippen LogP contribution in [0.25, 0.3) is 17.0 Å². The van der Waals surface area contributed by atoms with E-state index in [0.717, 1.165) is 53.5 Å². The lowest BCUT2D eigenvalue weighted by Crippen LogP contribution is -2.37. The van der Waals surface area contributed by atoms with Gasteiger partial charge in [0.25, 0.3) is 0 Å². The SMILES string of the molecule is Cc1nc(-c2ccc(Nc3cc(C4=CCC5=CNN(C)C5=C4)nc(N4CCOCC4)n3)cc2)no1. The lowest BCUT2D eigenvalue weighted by atomic mass is 9.98. The summed E-state index contributed by atoms with van der Waals surface area (Å²) in [6.07, 6.45) is 7.29. The number of hydrazine groups is 1. The Labute approximate surface area is 203 Å². The molecule has 0 spiro atoms. The van der Waals surface area contributed by atoms with E-state index >= 15 is 0 Å². The van der Waals surface area contributed by atoms with Gasteiger partial charge in [-0.2, -0.15) is 9.97 Å². The van der Waals surface area contributed by atoms with E-state index in [0.29, 0.717) is 30.9 Å². The van der Waals surface area contributed by atoms with Crippen LogP contribution in [-0.2, 0) is 4.74 Å². The molecule has 35 heavy (non-hydrogen) atoms. The predicted octanol–water partition coefficient (Wildman–Crippen LogP) is 3.42. The first-order valence-electron chi connectivity index (χ1n) is 11.6. The van der Waals surface area contributed by atoms with Gasteiger partial charge in [-0.1, -0.05) is 11.2 Å². The number of allylic oxidation sites excluding steroid dienone is 4. The number of rotatable bonds is 5. The van der Waals surface area contributed by atoms with E-state index in [2.05, 4.69) is 37.9 Å². The molecule has 3 aromatic rings. The van der Waals surface area contributed by atoms with Crippen LogP contribution < -0.4 is 15.6 Å². The number of morpholine rings is 1. The van der Waals surface area contributed by atoms with Gasteiger partial charge in [-0.15, -0.1) is 0 Å². The van der Waals surface area contributed by atoms with Gasteiger partial charge in [0.1, 0.15) is 5.82 Å². The average molecular weight is 471 g/mol. The normalized spacial score (nSPS) is 17.4. The van der Waals surface area contributed by atoms with Gasteiger partial charge < -0.3 is 24.9 Å². The summed E-state index contributed by atoms with van der Waals surface area (Å²) in [5.41, 5.74) is 9.44. The monoisotopic (exact) mass is 470 g/mol. The van der Waals surface area contributed by atoms with Crippen molar-refractivity contribution in [1.29, 1.82) is 0 Å². The van der Waals surface area contributed by atoms with Crippen molar-refractivity contribution in [3.05, 3.63) is 71.5 Å². The fourth-order valence-electron chi connectivity index (χ4n) is 4.31. The molecule has 0 atom stereocenters. The number of nitrogens with zero attached hydrogens (tertiary/aromatic N) is 6. The third-order valence-corrected chi connectivity index (χ3v) is 6.20. The summed E-state index contributed by atoms with van der Waals surface area (Å²) >= 11 is 0. The van der Waals surface area contributed by atoms with Gasteiger partial charge in [0.05, 0.1) is 24.6 Å². The Bertz CT molecular complexity index is 1340. The van der Waals surface area contributed by atoms with Crippen LogP contribution >= 0.6 is 0 Å². The number of aromatic nitrogens is 4. The van der Waals surface area contributed by atoms with Crippen molar-refractivity contribution < 1.29 is 9.26 Å². The molecule has 10 heteroatoms. The highest BCUT2D eigenvalue weighted by molar-refractivity contribution is 5.78. The number of nitrogens with one attached hydrogen (secondary N) is 2. The van der Waals surface area contributed by atoms with E-state index in [4.69, 9.17) is 19.2 Å². The van der Waals surface area contributed by atoms with Gasteiger partial charge in [-0.05, 0) is 47.9 Å². The molecule has 0 amide bonds. The third kappa shape index (κ3) is 4.35. The standard InChI is InChI=1S/C25H26N8O2/c1-16-27-24(31-35-16)17-5-7-20(8-6-17)28-23-14-21(29-25(30-23)33-9-11-34-12-10-33)18-3-4-19-15-26-32(2)22(19)13-18/h3,5-8,13-15,26H,4,9-12H2,1-2H3,(H,28,29,30). The minimum absolute atomic E-state index is 0.542. The van der Waals surface area contributed by atoms with Gasteiger partial charge in [0, 0.05) is 50.6 Å². The Morgan fingerprint density at radius 1 is 1.06 bits per heavy atom. The molecule has 0 bridgehead atoms. The maximum absolute atomic E-state index is 5.53. The lowest BCUT2D eigenvalue weighted by molar-refractivity contribution is 0.122. The minimum Gasteiger partial charge on any atom is -0.378 e. The van der Waals surface area contributed by atoms with Crippen molar-refractivity contribution in [2.24, 2.45) is 0 Å². The zero-order valence-corrected chi connectivity index (χ0v) is 19.7. The van der Waals surface area contributed by atoms with Crippen LogP contribution in [0.2, 0.25) is 0 Å². The second kappa shape index (κ2) is 8.88. The maximum atomic E-state index is 5.53. The first-order chi connectivity index (χ1) is 17.1. The molecule has 1 saturated heterocycles. The molecular weight excluding hydrogens is 444 g/mol. The summed E-state index contributed by atoms with van der Waals surface area (Å²) in [5, 5.41) is 9.46. The maximum Gasteiger partial charge on any atom is 0.228 e. The van der Waals surface area contributed by atoms with E-state index in [1.165, 1.54) is 5.57 Å². The Morgan fingerprint density at radius 2 is 1.89 bits per heavy atom. The number of anilines is 3. The molecule has 1 aliphatic carbocycles. The highest BCUT2D eigenvalue weighted by Crippen LogP contribution is 2.33. The minimum atomic E-state index is 0.542. The summed E-state index contributed by atoms with van der Waals surface area (Å²) in [4.78, 5) is 16.2. The summed E-state index contributed by atoms with van der Waals surface area (Å²) in [6, 6.07) is 9.88.